The molecule has 1 N–H and O–H groups in total. The number of nitrogens with zero attached hydrogens (tertiary/aromatic N) is 3. The third kappa shape index (κ3) is 20.9. The third-order valence-corrected chi connectivity index (χ3v) is 11.6. The Labute approximate surface area is 353 Å². The van der Waals surface area contributed by atoms with Gasteiger partial charge in [0.05, 0.1) is 5.92 Å². The number of unbranched alkanes of at least 4 members (excludes halogenated alkanes) is 1. The lowest BCUT2D eigenvalue weighted by atomic mass is 9.92. The SMILES string of the molecule is CC1CCCCN1C=O.CCC/C=C/N(C=C(C)C)CC.CCCNCCC(C)C(C)C(=O)OC1CCCCC1.ClC1=CCC2=C(C=C1)Cc1ncccc1CC2. The van der Waals surface area contributed by atoms with Crippen LogP contribution in [-0.2, 0) is 27.2 Å². The summed E-state index contributed by atoms with van der Waals surface area (Å²) in [6.45, 7) is 21.1. The summed E-state index contributed by atoms with van der Waals surface area (Å²) in [6.07, 6.45) is 34.1. The second-order valence-electron chi connectivity index (χ2n) is 16.4. The predicted octanol–water partition coefficient (Wildman–Crippen LogP) is 12.0. The number of fused-ring (bicyclic) bond motifs is 1. The molecule has 2 heterocycles. The molecule has 8 heteroatoms. The Bertz CT molecular complexity index is 1440. The van der Waals surface area contributed by atoms with Crippen LogP contribution >= 0.6 is 11.6 Å². The third-order valence-electron chi connectivity index (χ3n) is 11.3. The van der Waals surface area contributed by atoms with Crippen molar-refractivity contribution in [2.24, 2.45) is 11.8 Å². The van der Waals surface area contributed by atoms with E-state index in [0.29, 0.717) is 12.0 Å². The number of halogens is 1. The van der Waals surface area contributed by atoms with Crippen LogP contribution in [0, 0.1) is 11.8 Å². The number of rotatable bonds is 14. The molecule has 3 unspecified atom stereocenters. The van der Waals surface area contributed by atoms with Gasteiger partial charge in [0, 0.05) is 48.7 Å². The molecule has 5 rings (SSSR count). The summed E-state index contributed by atoms with van der Waals surface area (Å²) in [5.74, 6) is 0.417. The first-order chi connectivity index (χ1) is 27.5. The van der Waals surface area contributed by atoms with Crippen LogP contribution in [0.5, 0.6) is 0 Å². The van der Waals surface area contributed by atoms with Gasteiger partial charge in [0.25, 0.3) is 0 Å². The van der Waals surface area contributed by atoms with Crippen molar-refractivity contribution in [1.82, 2.24) is 20.1 Å². The molecule has 3 atom stereocenters. The standard InChI is InChI=1S/C16H31NO2.C15H14ClN.C11H21N.C7H13NO/c1-4-11-17-12-10-13(2)14(3)16(18)19-15-8-6-5-7-9-15;16-14-7-5-11-3-4-12-2-1-9-17-15(12)10-13(11)6-8-14;1-5-7-8-9-12(6-2)10-11(3)4;1-7-4-2-3-5-8(7)6-9/h13-15,17H,4-12H2,1-3H3;1-2,6-9H,3-5,10H2;8-10H,5-7H2,1-4H3;6-7H,2-5H2,1H3/b;;9-8+;. The summed E-state index contributed by atoms with van der Waals surface area (Å²) in [5, 5.41) is 4.24. The quantitative estimate of drug-likeness (QED) is 0.115. The summed E-state index contributed by atoms with van der Waals surface area (Å²) in [7, 11) is 0. The summed E-state index contributed by atoms with van der Waals surface area (Å²) < 4.78 is 5.64. The number of allylic oxidation sites excluding steroid dienone is 8. The Morgan fingerprint density at radius 2 is 1.79 bits per heavy atom. The maximum absolute atomic E-state index is 12.1. The monoisotopic (exact) mass is 807 g/mol. The molecule has 3 aliphatic carbocycles. The number of aromatic nitrogens is 1. The summed E-state index contributed by atoms with van der Waals surface area (Å²) in [4.78, 5) is 31.0. The molecular weight excluding hydrogens is 728 g/mol. The average molecular weight is 808 g/mol. The number of piperidine rings is 1. The zero-order valence-electron chi connectivity index (χ0n) is 37.2. The molecule has 2 fully saturated rings. The van der Waals surface area contributed by atoms with Crippen LogP contribution in [0.15, 0.2) is 76.8 Å². The van der Waals surface area contributed by atoms with E-state index in [1.165, 1.54) is 79.3 Å². The number of ether oxygens (including phenoxy) is 1. The van der Waals surface area contributed by atoms with Crippen molar-refractivity contribution in [2.75, 3.05) is 26.2 Å². The lowest BCUT2D eigenvalue weighted by Crippen LogP contribution is -2.35. The number of hydrogen-bond acceptors (Lipinski definition) is 6. The molecule has 320 valence electrons. The van der Waals surface area contributed by atoms with Gasteiger partial charge < -0.3 is 19.9 Å². The van der Waals surface area contributed by atoms with E-state index in [1.807, 2.05) is 30.2 Å². The largest absolute Gasteiger partial charge is 0.462 e. The number of aryl methyl sites for hydroxylation is 1. The van der Waals surface area contributed by atoms with E-state index in [9.17, 15) is 9.59 Å². The highest BCUT2D eigenvalue weighted by Gasteiger charge is 2.25. The highest BCUT2D eigenvalue weighted by Crippen LogP contribution is 2.30. The second-order valence-corrected chi connectivity index (χ2v) is 16.9. The molecule has 1 saturated carbocycles. The molecule has 1 aliphatic heterocycles. The van der Waals surface area contributed by atoms with Crippen molar-refractivity contribution in [3.05, 3.63) is 88.0 Å². The Morgan fingerprint density at radius 1 is 1.04 bits per heavy atom. The molecule has 4 aliphatic rings. The Kier molecular flexibility index (Phi) is 26.3. The van der Waals surface area contributed by atoms with Crippen LogP contribution in [0.25, 0.3) is 0 Å². The van der Waals surface area contributed by atoms with Gasteiger partial charge in [0.15, 0.2) is 0 Å². The van der Waals surface area contributed by atoms with Gasteiger partial charge >= 0.3 is 5.97 Å². The van der Waals surface area contributed by atoms with Crippen LogP contribution < -0.4 is 5.32 Å². The van der Waals surface area contributed by atoms with E-state index in [0.717, 1.165) is 89.0 Å². The molecule has 0 aromatic carbocycles. The minimum atomic E-state index is 0.00916. The Hall–Kier alpha value is -3.16. The fourth-order valence-corrected chi connectivity index (χ4v) is 7.42. The van der Waals surface area contributed by atoms with Crippen molar-refractivity contribution in [3.8, 4) is 0 Å². The van der Waals surface area contributed by atoms with E-state index in [1.54, 1.807) is 0 Å². The van der Waals surface area contributed by atoms with E-state index >= 15 is 0 Å². The van der Waals surface area contributed by atoms with E-state index in [-0.39, 0.29) is 18.0 Å². The van der Waals surface area contributed by atoms with E-state index in [2.05, 4.69) is 100 Å². The van der Waals surface area contributed by atoms with Gasteiger partial charge in [-0.05, 0) is 160 Å². The number of pyridine rings is 1. The van der Waals surface area contributed by atoms with Crippen LogP contribution in [0.4, 0.5) is 0 Å². The number of nitrogens with one attached hydrogen (secondary N) is 1. The van der Waals surface area contributed by atoms with Gasteiger partial charge in [0.1, 0.15) is 6.10 Å². The van der Waals surface area contributed by atoms with Gasteiger partial charge in [-0.3, -0.25) is 14.6 Å². The van der Waals surface area contributed by atoms with Crippen molar-refractivity contribution < 1.29 is 14.3 Å². The maximum Gasteiger partial charge on any atom is 0.309 e. The number of hydrogen-bond donors (Lipinski definition) is 1. The van der Waals surface area contributed by atoms with Crippen molar-refractivity contribution in [1.29, 1.82) is 0 Å². The van der Waals surface area contributed by atoms with Crippen molar-refractivity contribution in [2.45, 2.75) is 170 Å². The normalized spacial score (nSPS) is 18.9. The molecular formula is C49H79ClN4O3. The fourth-order valence-electron chi connectivity index (χ4n) is 7.28. The number of likely N-dealkylation sites (tertiary alicyclic amines) is 1. The summed E-state index contributed by atoms with van der Waals surface area (Å²) in [6, 6.07) is 4.71. The first-order valence-corrected chi connectivity index (χ1v) is 22.8. The maximum atomic E-state index is 12.1. The second kappa shape index (κ2) is 30.0. The van der Waals surface area contributed by atoms with Crippen molar-refractivity contribution in [3.63, 3.8) is 0 Å². The van der Waals surface area contributed by atoms with Crippen LogP contribution in [0.2, 0.25) is 0 Å². The minimum Gasteiger partial charge on any atom is -0.462 e. The molecule has 0 bridgehead atoms. The summed E-state index contributed by atoms with van der Waals surface area (Å²) >= 11 is 6.06. The molecule has 0 spiro atoms. The van der Waals surface area contributed by atoms with E-state index < -0.39 is 0 Å². The Morgan fingerprint density at radius 3 is 2.44 bits per heavy atom. The summed E-state index contributed by atoms with van der Waals surface area (Å²) in [5.41, 5.74) is 6.87. The van der Waals surface area contributed by atoms with Gasteiger partial charge in [-0.1, -0.05) is 87.6 Å². The zero-order valence-corrected chi connectivity index (χ0v) is 37.9. The van der Waals surface area contributed by atoms with Gasteiger partial charge in [-0.25, -0.2) is 0 Å². The number of carbonyl (C=O) groups is 2. The molecule has 7 nitrogen and oxygen atoms in total. The smallest absolute Gasteiger partial charge is 0.309 e. The number of amides is 1. The molecule has 0 radical (unpaired) electrons. The van der Waals surface area contributed by atoms with Crippen molar-refractivity contribution >= 4 is 24.0 Å². The van der Waals surface area contributed by atoms with Gasteiger partial charge in [-0.15, -0.1) is 0 Å². The van der Waals surface area contributed by atoms with Crippen LogP contribution in [0.3, 0.4) is 0 Å². The molecule has 1 aromatic heterocycles. The molecule has 57 heavy (non-hydrogen) atoms. The number of esters is 1. The van der Waals surface area contributed by atoms with Crippen LogP contribution in [0.1, 0.15) is 157 Å². The lowest BCUT2D eigenvalue weighted by Gasteiger charge is -2.29. The highest BCUT2D eigenvalue weighted by atomic mass is 35.5. The average Bonchev–Trinajstić information content (AvgIpc) is 3.51. The lowest BCUT2D eigenvalue weighted by molar-refractivity contribution is -0.156. The van der Waals surface area contributed by atoms with Gasteiger partial charge in [-0.2, -0.15) is 0 Å². The van der Waals surface area contributed by atoms with E-state index in [4.69, 9.17) is 16.3 Å². The molecule has 1 saturated heterocycles. The Balaban J connectivity index is 0.000000272. The topological polar surface area (TPSA) is 74.8 Å². The first-order valence-electron chi connectivity index (χ1n) is 22.4. The number of carbonyl (C=O) groups excluding carboxylic acids is 2. The zero-order chi connectivity index (χ0) is 41.8. The highest BCUT2D eigenvalue weighted by molar-refractivity contribution is 6.31. The van der Waals surface area contributed by atoms with Gasteiger partial charge in [0.2, 0.25) is 6.41 Å². The predicted molar refractivity (Wildman–Crippen MR) is 242 cm³/mol. The minimum absolute atomic E-state index is 0.00916. The first kappa shape index (κ1) is 50.0. The molecule has 1 amide bonds. The fraction of sp³-hybridized carbons (Fsp3) is 0.653. The molecule has 1 aromatic rings. The van der Waals surface area contributed by atoms with Crippen LogP contribution in [-0.4, -0.2) is 65.5 Å².